The van der Waals surface area contributed by atoms with E-state index in [4.69, 9.17) is 10.0 Å². The smallest absolute Gasteiger partial charge is 0.427 e. The van der Waals surface area contributed by atoms with Gasteiger partial charge < -0.3 is 10.0 Å². The SMILES string of the molecule is CCCCCCCSCB(O)O. The number of rotatable bonds is 8. The third kappa shape index (κ3) is 10.3. The molecule has 0 aliphatic heterocycles. The van der Waals surface area contributed by atoms with E-state index in [0.29, 0.717) is 5.65 Å². The third-order valence-electron chi connectivity index (χ3n) is 1.66. The van der Waals surface area contributed by atoms with Gasteiger partial charge in [0.05, 0.1) is 0 Å². The van der Waals surface area contributed by atoms with Gasteiger partial charge in [-0.1, -0.05) is 32.6 Å². The summed E-state index contributed by atoms with van der Waals surface area (Å²) in [6, 6.07) is 0. The van der Waals surface area contributed by atoms with Crippen molar-refractivity contribution in [3.8, 4) is 0 Å². The minimum atomic E-state index is -1.13. The third-order valence-corrected chi connectivity index (χ3v) is 2.77. The summed E-state index contributed by atoms with van der Waals surface area (Å²) in [5.74, 6) is 1.06. The Kier molecular flexibility index (Phi) is 9.69. The Balaban J connectivity index is 2.82. The van der Waals surface area contributed by atoms with Crippen molar-refractivity contribution in [1.82, 2.24) is 0 Å². The van der Waals surface area contributed by atoms with Crippen LogP contribution < -0.4 is 0 Å². The Bertz CT molecular complexity index is 91.1. The fourth-order valence-corrected chi connectivity index (χ4v) is 1.78. The monoisotopic (exact) mass is 190 g/mol. The van der Waals surface area contributed by atoms with Crippen LogP contribution in [-0.2, 0) is 0 Å². The highest BCUT2D eigenvalue weighted by atomic mass is 32.2. The van der Waals surface area contributed by atoms with Crippen LogP contribution in [0.4, 0.5) is 0 Å². The predicted molar refractivity (Wildman–Crippen MR) is 56.3 cm³/mol. The summed E-state index contributed by atoms with van der Waals surface area (Å²) in [4.78, 5) is 0. The van der Waals surface area contributed by atoms with Crippen LogP contribution in [0, 0.1) is 0 Å². The lowest BCUT2D eigenvalue weighted by atomic mass is 9.98. The molecule has 0 unspecified atom stereocenters. The van der Waals surface area contributed by atoms with Gasteiger partial charge in [-0.3, -0.25) is 0 Å². The van der Waals surface area contributed by atoms with Gasteiger partial charge in [0.15, 0.2) is 0 Å². The zero-order chi connectivity index (χ0) is 9.23. The summed E-state index contributed by atoms with van der Waals surface area (Å²) in [6.45, 7) is 2.21. The van der Waals surface area contributed by atoms with Gasteiger partial charge in [0.25, 0.3) is 0 Å². The molecule has 4 heteroatoms. The maximum absolute atomic E-state index is 8.53. The fraction of sp³-hybridized carbons (Fsp3) is 1.00. The highest BCUT2D eigenvalue weighted by Gasteiger charge is 2.04. The first-order valence-electron chi connectivity index (χ1n) is 4.71. The first-order chi connectivity index (χ1) is 5.77. The van der Waals surface area contributed by atoms with Gasteiger partial charge in [-0.15, -0.1) is 0 Å². The molecule has 0 saturated carbocycles. The molecule has 0 fully saturated rings. The average Bonchev–Trinajstić information content (AvgIpc) is 2.02. The summed E-state index contributed by atoms with van der Waals surface area (Å²) in [5, 5.41) is 17.1. The molecule has 0 spiro atoms. The lowest BCUT2D eigenvalue weighted by molar-refractivity contribution is 0.415. The highest BCUT2D eigenvalue weighted by Crippen LogP contribution is 2.08. The predicted octanol–water partition coefficient (Wildman–Crippen LogP) is 1.70. The van der Waals surface area contributed by atoms with Crippen molar-refractivity contribution in [2.45, 2.75) is 39.0 Å². The maximum Gasteiger partial charge on any atom is 0.461 e. The van der Waals surface area contributed by atoms with Gasteiger partial charge in [-0.05, 0) is 12.2 Å². The molecule has 0 atom stereocenters. The quantitative estimate of drug-likeness (QED) is 0.452. The number of unbranched alkanes of at least 4 members (excludes halogenated alkanes) is 4. The van der Waals surface area contributed by atoms with E-state index in [-0.39, 0.29) is 0 Å². The molecule has 0 heterocycles. The average molecular weight is 190 g/mol. The summed E-state index contributed by atoms with van der Waals surface area (Å²) in [6.07, 6.45) is 6.41. The first kappa shape index (κ1) is 12.3. The summed E-state index contributed by atoms with van der Waals surface area (Å²) >= 11 is 1.62. The van der Waals surface area contributed by atoms with Crippen molar-refractivity contribution in [2.75, 3.05) is 11.4 Å². The molecule has 0 amide bonds. The zero-order valence-electron chi connectivity index (χ0n) is 7.83. The molecule has 0 bridgehead atoms. The van der Waals surface area contributed by atoms with Crippen LogP contribution in [0.2, 0.25) is 0 Å². The molecule has 0 saturated heterocycles. The topological polar surface area (TPSA) is 40.5 Å². The second kappa shape index (κ2) is 9.42. The van der Waals surface area contributed by atoms with Crippen LogP contribution in [0.5, 0.6) is 0 Å². The molecule has 0 aliphatic rings. The van der Waals surface area contributed by atoms with E-state index in [1.54, 1.807) is 11.8 Å². The molecule has 0 aromatic rings. The molecule has 0 aromatic heterocycles. The summed E-state index contributed by atoms with van der Waals surface area (Å²) in [5.41, 5.74) is 0.452. The van der Waals surface area contributed by atoms with E-state index < -0.39 is 7.12 Å². The van der Waals surface area contributed by atoms with Crippen molar-refractivity contribution < 1.29 is 10.0 Å². The van der Waals surface area contributed by atoms with Crippen LogP contribution in [0.25, 0.3) is 0 Å². The molecule has 2 nitrogen and oxygen atoms in total. The Morgan fingerprint density at radius 2 is 1.75 bits per heavy atom. The van der Waals surface area contributed by atoms with Crippen molar-refractivity contribution in [2.24, 2.45) is 0 Å². The summed E-state index contributed by atoms with van der Waals surface area (Å²) < 4.78 is 0. The highest BCUT2D eigenvalue weighted by molar-refractivity contribution is 8.00. The van der Waals surface area contributed by atoms with Crippen LogP contribution in [0.1, 0.15) is 39.0 Å². The first-order valence-corrected chi connectivity index (χ1v) is 5.86. The van der Waals surface area contributed by atoms with Gasteiger partial charge in [0.1, 0.15) is 0 Å². The van der Waals surface area contributed by atoms with E-state index in [2.05, 4.69) is 6.92 Å². The molecule has 0 aromatic carbocycles. The second-order valence-corrected chi connectivity index (χ2v) is 4.12. The van der Waals surface area contributed by atoms with Crippen LogP contribution >= 0.6 is 11.8 Å². The van der Waals surface area contributed by atoms with Gasteiger partial charge in [-0.25, -0.2) is 0 Å². The Labute approximate surface area is 79.9 Å². The van der Waals surface area contributed by atoms with Crippen molar-refractivity contribution in [3.63, 3.8) is 0 Å². The molecule has 0 rings (SSSR count). The Morgan fingerprint density at radius 1 is 1.08 bits per heavy atom. The van der Waals surface area contributed by atoms with Crippen molar-refractivity contribution in [3.05, 3.63) is 0 Å². The van der Waals surface area contributed by atoms with E-state index in [9.17, 15) is 0 Å². The van der Waals surface area contributed by atoms with Gasteiger partial charge in [0, 0.05) is 5.65 Å². The maximum atomic E-state index is 8.53. The molecule has 0 radical (unpaired) electrons. The molecular weight excluding hydrogens is 171 g/mol. The van der Waals surface area contributed by atoms with Crippen LogP contribution in [-0.4, -0.2) is 28.6 Å². The Morgan fingerprint density at radius 3 is 2.33 bits per heavy atom. The van der Waals surface area contributed by atoms with Crippen LogP contribution in [0.3, 0.4) is 0 Å². The lowest BCUT2D eigenvalue weighted by Crippen LogP contribution is -2.14. The van der Waals surface area contributed by atoms with E-state index >= 15 is 0 Å². The zero-order valence-corrected chi connectivity index (χ0v) is 8.65. The number of thioether (sulfide) groups is 1. The van der Waals surface area contributed by atoms with Crippen LogP contribution in [0.15, 0.2) is 0 Å². The molecular formula is C8H19BO2S. The van der Waals surface area contributed by atoms with Crippen molar-refractivity contribution >= 4 is 18.9 Å². The molecule has 12 heavy (non-hydrogen) atoms. The van der Waals surface area contributed by atoms with E-state index in [1.165, 1.54) is 32.1 Å². The molecule has 72 valence electrons. The molecule has 0 aliphatic carbocycles. The largest absolute Gasteiger partial charge is 0.461 e. The fourth-order valence-electron chi connectivity index (χ4n) is 0.996. The molecule has 2 N–H and O–H groups in total. The van der Waals surface area contributed by atoms with Crippen molar-refractivity contribution in [1.29, 1.82) is 0 Å². The standard InChI is InChI=1S/C8H19BO2S/c1-2-3-4-5-6-7-12-8-9(10)11/h10-11H,2-8H2,1H3. The van der Waals surface area contributed by atoms with Gasteiger partial charge in [-0.2, -0.15) is 11.8 Å². The normalized spacial score (nSPS) is 10.2. The van der Waals surface area contributed by atoms with Gasteiger partial charge >= 0.3 is 7.12 Å². The minimum Gasteiger partial charge on any atom is -0.427 e. The minimum absolute atomic E-state index is 0.452. The second-order valence-electron chi connectivity index (χ2n) is 2.97. The number of hydrogen-bond donors (Lipinski definition) is 2. The lowest BCUT2D eigenvalue weighted by Gasteiger charge is -2.00. The van der Waals surface area contributed by atoms with E-state index in [1.807, 2.05) is 0 Å². The summed E-state index contributed by atoms with van der Waals surface area (Å²) in [7, 11) is -1.13. The Hall–Kier alpha value is 0.335. The number of hydrogen-bond acceptors (Lipinski definition) is 3. The van der Waals surface area contributed by atoms with E-state index in [0.717, 1.165) is 5.75 Å². The van der Waals surface area contributed by atoms with Gasteiger partial charge in [0.2, 0.25) is 0 Å².